The summed E-state index contributed by atoms with van der Waals surface area (Å²) >= 11 is 1.62. The topological polar surface area (TPSA) is 32.7 Å². The van der Waals surface area contributed by atoms with E-state index in [1.54, 1.807) is 18.8 Å². The first-order chi connectivity index (χ1) is 7.51. The summed E-state index contributed by atoms with van der Waals surface area (Å²) in [6.45, 7) is 6.21. The van der Waals surface area contributed by atoms with Crippen LogP contribution in [0.4, 0.5) is 0 Å². The van der Waals surface area contributed by atoms with Crippen LogP contribution in [-0.4, -0.2) is 48.2 Å². The van der Waals surface area contributed by atoms with Gasteiger partial charge >= 0.3 is 0 Å². The maximum Gasteiger partial charge on any atom is 0.136 e. The summed E-state index contributed by atoms with van der Waals surface area (Å²) in [5, 5.41) is 0.994. The smallest absolute Gasteiger partial charge is 0.136 e. The Hall–Kier alpha value is -0.350. The van der Waals surface area contributed by atoms with Crippen molar-refractivity contribution in [1.29, 1.82) is 0 Å². The number of aldehydes is 1. The minimum atomic E-state index is -0.301. The molecular weight excluding hydrogens is 220 g/mol. The molecule has 0 bridgehead atoms. The van der Waals surface area contributed by atoms with Gasteiger partial charge in [0.25, 0.3) is 0 Å². The molecule has 1 rings (SSSR count). The maximum absolute atomic E-state index is 11.4. The second kappa shape index (κ2) is 5.82. The molecule has 0 aromatic heterocycles. The SMILES string of the molecule is CN=C(C)SC(C)(C=O)C1CCN(C)CC1. The molecular formula is C12H22N2OS. The van der Waals surface area contributed by atoms with Gasteiger partial charge in [-0.1, -0.05) is 11.8 Å². The second-order valence-electron chi connectivity index (χ2n) is 4.72. The zero-order valence-electron chi connectivity index (χ0n) is 10.7. The molecule has 1 saturated heterocycles. The number of hydrogen-bond acceptors (Lipinski definition) is 4. The van der Waals surface area contributed by atoms with E-state index in [4.69, 9.17) is 0 Å². The van der Waals surface area contributed by atoms with Gasteiger partial charge in [-0.05, 0) is 52.7 Å². The van der Waals surface area contributed by atoms with E-state index in [0.717, 1.165) is 37.3 Å². The van der Waals surface area contributed by atoms with Crippen LogP contribution in [0, 0.1) is 5.92 Å². The molecule has 0 radical (unpaired) electrons. The zero-order chi connectivity index (χ0) is 12.2. The van der Waals surface area contributed by atoms with Crippen molar-refractivity contribution < 1.29 is 4.79 Å². The van der Waals surface area contributed by atoms with Crippen LogP contribution in [0.15, 0.2) is 4.99 Å². The third kappa shape index (κ3) is 3.32. The average molecular weight is 242 g/mol. The molecule has 0 aliphatic carbocycles. The lowest BCUT2D eigenvalue weighted by atomic mass is 9.85. The highest BCUT2D eigenvalue weighted by molar-refractivity contribution is 8.15. The zero-order valence-corrected chi connectivity index (χ0v) is 11.5. The monoisotopic (exact) mass is 242 g/mol. The van der Waals surface area contributed by atoms with Crippen LogP contribution >= 0.6 is 11.8 Å². The molecule has 1 atom stereocenters. The van der Waals surface area contributed by atoms with Crippen LogP contribution in [0.1, 0.15) is 26.7 Å². The van der Waals surface area contributed by atoms with E-state index >= 15 is 0 Å². The predicted octanol–water partition coefficient (Wildman–Crippen LogP) is 2.07. The Morgan fingerprint density at radius 1 is 1.50 bits per heavy atom. The summed E-state index contributed by atoms with van der Waals surface area (Å²) in [6.07, 6.45) is 3.33. The predicted molar refractivity (Wildman–Crippen MR) is 71.3 cm³/mol. The molecule has 1 heterocycles. The highest BCUT2D eigenvalue weighted by Crippen LogP contribution is 2.37. The van der Waals surface area contributed by atoms with E-state index in [0.29, 0.717) is 5.92 Å². The van der Waals surface area contributed by atoms with Crippen molar-refractivity contribution in [3.05, 3.63) is 0 Å². The third-order valence-electron chi connectivity index (χ3n) is 3.45. The molecule has 1 aliphatic heterocycles. The van der Waals surface area contributed by atoms with Gasteiger partial charge in [0.15, 0.2) is 0 Å². The first-order valence-corrected chi connectivity index (χ1v) is 6.60. The number of carbonyl (C=O) groups excluding carboxylic acids is 1. The first kappa shape index (κ1) is 13.7. The van der Waals surface area contributed by atoms with E-state index in [1.165, 1.54) is 0 Å². The maximum atomic E-state index is 11.4. The highest BCUT2D eigenvalue weighted by Gasteiger charge is 2.36. The van der Waals surface area contributed by atoms with E-state index in [-0.39, 0.29) is 4.75 Å². The molecule has 0 saturated carbocycles. The molecule has 1 unspecified atom stereocenters. The number of nitrogens with zero attached hydrogens (tertiary/aromatic N) is 2. The Kier molecular flexibility index (Phi) is 4.99. The van der Waals surface area contributed by atoms with Gasteiger partial charge in [0, 0.05) is 7.05 Å². The molecule has 16 heavy (non-hydrogen) atoms. The highest BCUT2D eigenvalue weighted by atomic mass is 32.2. The summed E-state index contributed by atoms with van der Waals surface area (Å²) < 4.78 is -0.301. The standard InChI is InChI=1S/C12H22N2OS/c1-10(13-3)16-12(2,9-15)11-5-7-14(4)8-6-11/h9,11H,5-8H2,1-4H3. The quantitative estimate of drug-likeness (QED) is 0.431. The van der Waals surface area contributed by atoms with Crippen LogP contribution in [0.25, 0.3) is 0 Å². The lowest BCUT2D eigenvalue weighted by Gasteiger charge is -2.37. The lowest BCUT2D eigenvalue weighted by molar-refractivity contribution is -0.111. The number of thioether (sulfide) groups is 1. The summed E-state index contributed by atoms with van der Waals surface area (Å²) in [5.41, 5.74) is 0. The van der Waals surface area contributed by atoms with E-state index < -0.39 is 0 Å². The normalized spacial score (nSPS) is 24.1. The number of piperidine rings is 1. The Bertz CT molecular complexity index is 272. The fourth-order valence-electron chi connectivity index (χ4n) is 2.15. The molecule has 92 valence electrons. The van der Waals surface area contributed by atoms with Gasteiger partial charge in [-0.25, -0.2) is 0 Å². The fraction of sp³-hybridized carbons (Fsp3) is 0.833. The lowest BCUT2D eigenvalue weighted by Crippen LogP contribution is -2.41. The number of hydrogen-bond donors (Lipinski definition) is 0. The van der Waals surface area contributed by atoms with Crippen LogP contribution in [-0.2, 0) is 4.79 Å². The van der Waals surface area contributed by atoms with Crippen LogP contribution < -0.4 is 0 Å². The van der Waals surface area contributed by atoms with E-state index in [1.807, 2.05) is 6.92 Å². The average Bonchev–Trinajstić information content (AvgIpc) is 2.29. The molecule has 3 nitrogen and oxygen atoms in total. The Morgan fingerprint density at radius 3 is 2.50 bits per heavy atom. The van der Waals surface area contributed by atoms with Crippen LogP contribution in [0.2, 0.25) is 0 Å². The van der Waals surface area contributed by atoms with Crippen LogP contribution in [0.3, 0.4) is 0 Å². The summed E-state index contributed by atoms with van der Waals surface area (Å²) in [4.78, 5) is 17.8. The minimum absolute atomic E-state index is 0.301. The molecule has 0 spiro atoms. The molecule has 0 N–H and O–H groups in total. The van der Waals surface area contributed by atoms with Crippen molar-refractivity contribution in [2.45, 2.75) is 31.4 Å². The van der Waals surface area contributed by atoms with Gasteiger partial charge in [0.05, 0.1) is 9.79 Å². The molecule has 1 aliphatic rings. The Balaban J connectivity index is 2.68. The van der Waals surface area contributed by atoms with Gasteiger partial charge < -0.3 is 9.69 Å². The Morgan fingerprint density at radius 2 is 2.06 bits per heavy atom. The van der Waals surface area contributed by atoms with Gasteiger partial charge in [-0.3, -0.25) is 4.99 Å². The number of carbonyl (C=O) groups is 1. The van der Waals surface area contributed by atoms with Crippen molar-refractivity contribution >= 4 is 23.1 Å². The van der Waals surface area contributed by atoms with Crippen molar-refractivity contribution in [3.8, 4) is 0 Å². The molecule has 0 amide bonds. The van der Waals surface area contributed by atoms with E-state index in [9.17, 15) is 4.79 Å². The summed E-state index contributed by atoms with van der Waals surface area (Å²) in [5.74, 6) is 0.475. The molecule has 0 aromatic carbocycles. The Labute approximate surface area is 103 Å². The van der Waals surface area contributed by atoms with Crippen molar-refractivity contribution in [2.75, 3.05) is 27.2 Å². The second-order valence-corrected chi connectivity index (χ2v) is 6.40. The third-order valence-corrected chi connectivity index (χ3v) is 4.79. The summed E-state index contributed by atoms with van der Waals surface area (Å²) in [6, 6.07) is 0. The molecule has 1 fully saturated rings. The molecule has 0 aromatic rings. The number of aliphatic imine (C=N–C) groups is 1. The molecule has 4 heteroatoms. The van der Waals surface area contributed by atoms with Gasteiger partial charge in [0.2, 0.25) is 0 Å². The van der Waals surface area contributed by atoms with Crippen LogP contribution in [0.5, 0.6) is 0 Å². The summed E-state index contributed by atoms with van der Waals surface area (Å²) in [7, 11) is 3.92. The number of likely N-dealkylation sites (tertiary alicyclic amines) is 1. The largest absolute Gasteiger partial charge is 0.306 e. The minimum Gasteiger partial charge on any atom is -0.306 e. The van der Waals surface area contributed by atoms with Crippen molar-refractivity contribution in [1.82, 2.24) is 4.90 Å². The van der Waals surface area contributed by atoms with Crippen molar-refractivity contribution in [2.24, 2.45) is 10.9 Å². The number of rotatable bonds is 3. The van der Waals surface area contributed by atoms with Gasteiger partial charge in [0.1, 0.15) is 6.29 Å². The fourth-order valence-corrected chi connectivity index (χ4v) is 3.33. The van der Waals surface area contributed by atoms with Gasteiger partial charge in [-0.15, -0.1) is 0 Å². The van der Waals surface area contributed by atoms with Crippen molar-refractivity contribution in [3.63, 3.8) is 0 Å². The van der Waals surface area contributed by atoms with Gasteiger partial charge in [-0.2, -0.15) is 0 Å². The van der Waals surface area contributed by atoms with E-state index in [2.05, 4.69) is 23.9 Å². The first-order valence-electron chi connectivity index (χ1n) is 5.79.